The zero-order valence-electron chi connectivity index (χ0n) is 62.4. The molecule has 4 heterocycles. The van der Waals surface area contributed by atoms with Gasteiger partial charge < -0.3 is 79.2 Å². The van der Waals surface area contributed by atoms with Gasteiger partial charge in [0.05, 0.1) is 0 Å². The van der Waals surface area contributed by atoms with Crippen LogP contribution in [0, 0.1) is 71.0 Å². The van der Waals surface area contributed by atoms with Gasteiger partial charge in [-0.05, 0) is 193 Å². The molecule has 4 aromatic heterocycles. The fourth-order valence-corrected chi connectivity index (χ4v) is 5.17. The number of carbonyl (C=O) groups excluding carboxylic acids is 8. The Hall–Kier alpha value is -5.56. The van der Waals surface area contributed by atoms with Crippen LogP contribution in [0.1, 0.15) is 240 Å². The molecule has 0 aliphatic rings. The van der Waals surface area contributed by atoms with E-state index in [1.807, 2.05) is 242 Å². The maximum absolute atomic E-state index is 9.90. The van der Waals surface area contributed by atoms with E-state index in [1.54, 1.807) is 49.6 Å². The fraction of sp³-hybridized carbons (Fsp3) is 0.611. The van der Waals surface area contributed by atoms with Gasteiger partial charge in [-0.25, -0.2) is 0 Å². The number of aryl methyl sites for hydroxylation is 4. The van der Waals surface area contributed by atoms with Gasteiger partial charge in [0.15, 0.2) is 0 Å². The minimum atomic E-state index is -0.975. The first-order chi connectivity index (χ1) is 40.9. The topological polar surface area (TPSA) is 373 Å². The molecule has 0 saturated carbocycles. The van der Waals surface area contributed by atoms with E-state index >= 15 is 0 Å². The number of carbonyl (C=O) groups is 8. The van der Waals surface area contributed by atoms with Gasteiger partial charge in [-0.2, -0.15) is 0 Å². The Kier molecular flexibility index (Phi) is 75.6. The van der Waals surface area contributed by atoms with Gasteiger partial charge >= 0.3 is 68.3 Å². The van der Waals surface area contributed by atoms with E-state index in [4.69, 9.17) is 0 Å². The number of pyridine rings is 4. The second-order valence-electron chi connectivity index (χ2n) is 31.0. The van der Waals surface area contributed by atoms with Gasteiger partial charge in [0.25, 0.3) is 0 Å². The number of carboxylic acid groups (broad SMARTS) is 8. The third kappa shape index (κ3) is 153. The van der Waals surface area contributed by atoms with Crippen molar-refractivity contribution < 1.29 is 147 Å². The molecule has 96 heavy (non-hydrogen) atoms. The monoisotopic (exact) mass is 1540 g/mol. The molecule has 0 saturated heterocycles. The fourth-order valence-electron chi connectivity index (χ4n) is 5.17. The molecule has 0 fully saturated rings. The number of hydrogen-bond acceptors (Lipinski definition) is 20. The minimum Gasteiger partial charge on any atom is -0.550 e. The first-order valence-corrected chi connectivity index (χ1v) is 30.0. The Morgan fingerprint density at radius 1 is 0.219 bits per heavy atom. The summed E-state index contributed by atoms with van der Waals surface area (Å²) in [6.45, 7) is 52.9. The number of nitrogens with zero attached hydrogens (tertiary/aromatic N) is 4. The number of carboxylic acids is 8. The third-order valence-electron chi connectivity index (χ3n) is 8.79. The van der Waals surface area contributed by atoms with Gasteiger partial charge in [-0.3, -0.25) is 19.9 Å². The summed E-state index contributed by atoms with van der Waals surface area (Å²) in [6, 6.07) is 15.8. The van der Waals surface area contributed by atoms with Gasteiger partial charge in [-0.1, -0.05) is 166 Å². The molecule has 0 unspecified atom stereocenters. The maximum atomic E-state index is 9.90. The third-order valence-corrected chi connectivity index (χ3v) is 8.79. The van der Waals surface area contributed by atoms with Gasteiger partial charge in [-0.15, -0.1) is 0 Å². The molecule has 20 nitrogen and oxygen atoms in total. The van der Waals surface area contributed by atoms with Crippen molar-refractivity contribution in [2.24, 2.45) is 43.3 Å². The van der Waals surface area contributed by atoms with Crippen LogP contribution in [-0.4, -0.2) is 67.7 Å². The van der Waals surface area contributed by atoms with Crippen molar-refractivity contribution in [3.05, 3.63) is 120 Å². The zero-order valence-corrected chi connectivity index (χ0v) is 66.2. The van der Waals surface area contributed by atoms with Crippen LogP contribution in [0.2, 0.25) is 0 Å². The molecule has 4 rings (SSSR count). The quantitative estimate of drug-likeness (QED) is 0.161. The van der Waals surface area contributed by atoms with Gasteiger partial charge in [0.2, 0.25) is 0 Å². The summed E-state index contributed by atoms with van der Waals surface area (Å²) in [5.41, 5.74) is 3.92. The minimum absolute atomic E-state index is 0. The normalized spacial score (nSPS) is 10.1. The molecule has 0 aliphatic carbocycles. The molecule has 24 heteroatoms. The van der Waals surface area contributed by atoms with Crippen LogP contribution in [0.5, 0.6) is 0 Å². The molecule has 0 atom stereocenters. The average molecular weight is 1550 g/mol. The molecule has 0 bridgehead atoms. The Bertz CT molecular complexity index is 2100. The predicted octanol–water partition coefficient (Wildman–Crippen LogP) is 6.93. The van der Waals surface area contributed by atoms with Crippen molar-refractivity contribution >= 4 is 47.8 Å². The summed E-state index contributed by atoms with van der Waals surface area (Å²) in [6.07, 6.45) is 15.4. The standard InChI is InChI=1S/4C6H7N.8C6H12O2.4Cu/c4*1-6-2-4-7-5-3-6;8*1-6(2,3)4-5(7)8;;;;/h4*2-5H,1H3;8*4H2,1-3H3,(H,7,8);;;;/q;;;;;;;;;;;;4*+2/p-8. The van der Waals surface area contributed by atoms with Crippen molar-refractivity contribution in [2.75, 3.05) is 0 Å². The van der Waals surface area contributed by atoms with Crippen molar-refractivity contribution in [3.63, 3.8) is 0 Å². The van der Waals surface area contributed by atoms with Gasteiger partial charge in [0, 0.05) is 97.3 Å². The summed E-state index contributed by atoms with van der Waals surface area (Å²) in [7, 11) is 0. The van der Waals surface area contributed by atoms with E-state index in [0.717, 1.165) is 0 Å². The summed E-state index contributed by atoms with van der Waals surface area (Å²) in [5, 5.41) is 79.2. The van der Waals surface area contributed by atoms with E-state index in [9.17, 15) is 79.2 Å². The van der Waals surface area contributed by atoms with Crippen LogP contribution in [-0.2, 0) is 107 Å². The Labute approximate surface area is 620 Å². The molecule has 4 radical (unpaired) electrons. The smallest absolute Gasteiger partial charge is 0.550 e. The molecular formula is C72H116Cu4N4O16. The van der Waals surface area contributed by atoms with Crippen molar-refractivity contribution in [3.8, 4) is 0 Å². The Balaban J connectivity index is -0.0000000799. The molecule has 564 valence electrons. The first-order valence-electron chi connectivity index (χ1n) is 30.0. The van der Waals surface area contributed by atoms with E-state index in [2.05, 4.69) is 19.9 Å². The second-order valence-corrected chi connectivity index (χ2v) is 31.0. The number of hydrogen-bond donors (Lipinski definition) is 0. The average Bonchev–Trinajstić information content (AvgIpc) is 3.26. The van der Waals surface area contributed by atoms with E-state index in [1.165, 1.54) is 22.3 Å². The first kappa shape index (κ1) is 118. The van der Waals surface area contributed by atoms with Crippen LogP contribution < -0.4 is 40.9 Å². The summed E-state index contributed by atoms with van der Waals surface area (Å²) >= 11 is 0. The summed E-state index contributed by atoms with van der Waals surface area (Å²) < 4.78 is 0. The molecule has 0 aliphatic heterocycles. The summed E-state index contributed by atoms with van der Waals surface area (Å²) in [5.74, 6) is -7.80. The maximum Gasteiger partial charge on any atom is 2.00 e. The summed E-state index contributed by atoms with van der Waals surface area (Å²) in [4.78, 5) is 94.6. The number of aliphatic carboxylic acids is 8. The Morgan fingerprint density at radius 2 is 0.292 bits per heavy atom. The molecule has 0 N–H and O–H groups in total. The van der Waals surface area contributed by atoms with Crippen LogP contribution in [0.25, 0.3) is 0 Å². The van der Waals surface area contributed by atoms with Gasteiger partial charge in [0.1, 0.15) is 0 Å². The van der Waals surface area contributed by atoms with Crippen LogP contribution >= 0.6 is 0 Å². The van der Waals surface area contributed by atoms with Crippen molar-refractivity contribution in [1.29, 1.82) is 0 Å². The Morgan fingerprint density at radius 3 is 0.312 bits per heavy atom. The zero-order chi connectivity index (χ0) is 74.7. The molecule has 0 amide bonds. The van der Waals surface area contributed by atoms with Crippen LogP contribution in [0.15, 0.2) is 98.1 Å². The number of rotatable bonds is 8. The molecule has 4 aromatic rings. The molecular weight excluding hydrogens is 1430 g/mol. The van der Waals surface area contributed by atoms with E-state index in [-0.39, 0.29) is 163 Å². The van der Waals surface area contributed by atoms with E-state index in [0.29, 0.717) is 0 Å². The van der Waals surface area contributed by atoms with Crippen LogP contribution in [0.3, 0.4) is 0 Å². The largest absolute Gasteiger partial charge is 2.00 e. The predicted molar refractivity (Wildman–Crippen MR) is 349 cm³/mol. The SMILES string of the molecule is CC(C)(C)CC(=O)[O-].CC(C)(C)CC(=O)[O-].CC(C)(C)CC(=O)[O-].CC(C)(C)CC(=O)[O-].CC(C)(C)CC(=O)[O-].CC(C)(C)CC(=O)[O-].CC(C)(C)CC(=O)[O-].CC(C)(C)CC(=O)[O-].Cc1ccncc1.Cc1ccncc1.Cc1ccncc1.Cc1ccncc1.[Cu+2].[Cu+2].[Cu+2].[Cu+2]. The molecule has 0 spiro atoms. The number of aromatic nitrogens is 4. The molecule has 0 aromatic carbocycles. The van der Waals surface area contributed by atoms with Crippen molar-refractivity contribution in [1.82, 2.24) is 19.9 Å². The van der Waals surface area contributed by atoms with E-state index < -0.39 is 47.8 Å². The van der Waals surface area contributed by atoms with Crippen molar-refractivity contribution in [2.45, 2.75) is 245 Å². The second kappa shape index (κ2) is 61.7. The van der Waals surface area contributed by atoms with Crippen LogP contribution in [0.4, 0.5) is 0 Å².